The number of thiazole rings is 1. The van der Waals surface area contributed by atoms with Crippen LogP contribution in [-0.2, 0) is 0 Å². The van der Waals surface area contributed by atoms with Crippen LogP contribution < -0.4 is 5.32 Å². The number of carbonyl (C=O) groups is 1. The van der Waals surface area contributed by atoms with Crippen LogP contribution in [-0.4, -0.2) is 30.7 Å². The van der Waals surface area contributed by atoms with Crippen LogP contribution in [0.25, 0.3) is 15.5 Å². The van der Waals surface area contributed by atoms with Gasteiger partial charge in [0.15, 0.2) is 0 Å². The third kappa shape index (κ3) is 2.36. The van der Waals surface area contributed by atoms with Crippen molar-refractivity contribution in [3.8, 4) is 10.6 Å². The molecule has 0 aliphatic rings. The van der Waals surface area contributed by atoms with Gasteiger partial charge in [-0.25, -0.2) is 4.98 Å². The normalized spacial score (nSPS) is 10.9. The molecule has 4 rings (SSSR count). The van der Waals surface area contributed by atoms with E-state index in [9.17, 15) is 4.79 Å². The van der Waals surface area contributed by atoms with Gasteiger partial charge in [0, 0.05) is 10.9 Å². The van der Waals surface area contributed by atoms with Gasteiger partial charge in [0.1, 0.15) is 17.0 Å². The molecule has 22 heavy (non-hydrogen) atoms. The fourth-order valence-corrected chi connectivity index (χ4v) is 3.38. The summed E-state index contributed by atoms with van der Waals surface area (Å²) in [7, 11) is 0. The van der Waals surface area contributed by atoms with E-state index in [0.29, 0.717) is 15.8 Å². The number of carbonyl (C=O) groups excluding carboxylic acids is 1. The van der Waals surface area contributed by atoms with E-state index in [-0.39, 0.29) is 5.91 Å². The summed E-state index contributed by atoms with van der Waals surface area (Å²) < 4.78 is 1.51. The summed E-state index contributed by atoms with van der Waals surface area (Å²) >= 11 is 2.68. The van der Waals surface area contributed by atoms with E-state index in [2.05, 4.69) is 25.6 Å². The number of rotatable bonds is 3. The minimum absolute atomic E-state index is 0.289. The Morgan fingerprint density at radius 3 is 2.91 bits per heavy atom. The molecule has 1 N–H and O–H groups in total. The van der Waals surface area contributed by atoms with Crippen LogP contribution in [0.3, 0.4) is 0 Å². The van der Waals surface area contributed by atoms with Gasteiger partial charge in [-0.3, -0.25) is 10.1 Å². The predicted molar refractivity (Wildman–Crippen MR) is 84.2 cm³/mol. The molecule has 0 saturated carbocycles. The number of aromatic nitrogens is 5. The SMILES string of the molecule is O=C(Nc1nn2cnnc2s1)c1csc(-c2ccccc2)n1. The third-order valence-corrected chi connectivity index (χ3v) is 4.58. The summed E-state index contributed by atoms with van der Waals surface area (Å²) in [5.41, 5.74) is 1.36. The molecule has 0 saturated heterocycles. The third-order valence-electron chi connectivity index (χ3n) is 2.86. The van der Waals surface area contributed by atoms with Crippen molar-refractivity contribution < 1.29 is 4.79 Å². The highest BCUT2D eigenvalue weighted by molar-refractivity contribution is 7.20. The Labute approximate surface area is 132 Å². The van der Waals surface area contributed by atoms with Gasteiger partial charge in [0.25, 0.3) is 5.91 Å². The molecule has 0 radical (unpaired) electrons. The molecule has 0 aliphatic heterocycles. The first kappa shape index (κ1) is 13.0. The number of amides is 1. The Kier molecular flexibility index (Phi) is 3.13. The zero-order valence-corrected chi connectivity index (χ0v) is 12.6. The molecule has 1 amide bonds. The summed E-state index contributed by atoms with van der Waals surface area (Å²) in [4.78, 5) is 17.2. The first-order chi connectivity index (χ1) is 10.8. The second-order valence-corrected chi connectivity index (χ2v) is 6.14. The smallest absolute Gasteiger partial charge is 0.276 e. The van der Waals surface area contributed by atoms with Crippen molar-refractivity contribution in [3.05, 3.63) is 47.7 Å². The molecule has 0 atom stereocenters. The summed E-state index contributed by atoms with van der Waals surface area (Å²) in [5.74, 6) is -0.289. The molecular formula is C13H8N6OS2. The fraction of sp³-hybridized carbons (Fsp3) is 0. The van der Waals surface area contributed by atoms with Crippen LogP contribution in [0.1, 0.15) is 10.5 Å². The maximum absolute atomic E-state index is 12.2. The van der Waals surface area contributed by atoms with Gasteiger partial charge in [-0.1, -0.05) is 41.7 Å². The van der Waals surface area contributed by atoms with Crippen LogP contribution in [0.15, 0.2) is 42.0 Å². The Hall–Kier alpha value is -2.65. The van der Waals surface area contributed by atoms with Crippen molar-refractivity contribution in [1.82, 2.24) is 24.8 Å². The number of hydrogen-bond donors (Lipinski definition) is 1. The highest BCUT2D eigenvalue weighted by Gasteiger charge is 2.14. The van der Waals surface area contributed by atoms with Gasteiger partial charge in [-0.2, -0.15) is 4.52 Å². The van der Waals surface area contributed by atoms with E-state index in [4.69, 9.17) is 0 Å². The standard InChI is InChI=1S/C13H8N6OS2/c20-10(16-12-18-19-7-14-17-13(19)22-12)9-6-21-11(15-9)8-4-2-1-3-5-8/h1-7H,(H,16,18,20). The molecule has 3 aromatic heterocycles. The molecular weight excluding hydrogens is 320 g/mol. The van der Waals surface area contributed by atoms with Gasteiger partial charge >= 0.3 is 0 Å². The molecule has 108 valence electrons. The average Bonchev–Trinajstić information content (AvgIpc) is 3.23. The van der Waals surface area contributed by atoms with Crippen molar-refractivity contribution in [2.75, 3.05) is 5.32 Å². The van der Waals surface area contributed by atoms with E-state index in [0.717, 1.165) is 10.6 Å². The van der Waals surface area contributed by atoms with Gasteiger partial charge < -0.3 is 0 Å². The topological polar surface area (TPSA) is 85.1 Å². The Morgan fingerprint density at radius 1 is 1.23 bits per heavy atom. The largest absolute Gasteiger partial charge is 0.295 e. The van der Waals surface area contributed by atoms with E-state index < -0.39 is 0 Å². The van der Waals surface area contributed by atoms with Crippen molar-refractivity contribution in [2.24, 2.45) is 0 Å². The monoisotopic (exact) mass is 328 g/mol. The lowest BCUT2D eigenvalue weighted by molar-refractivity contribution is 0.102. The number of hydrogen-bond acceptors (Lipinski definition) is 7. The van der Waals surface area contributed by atoms with Crippen molar-refractivity contribution >= 4 is 38.7 Å². The Balaban J connectivity index is 1.55. The molecule has 0 fully saturated rings. The van der Waals surface area contributed by atoms with E-state index in [1.54, 1.807) is 5.38 Å². The van der Waals surface area contributed by atoms with Gasteiger partial charge in [-0.05, 0) is 0 Å². The summed E-state index contributed by atoms with van der Waals surface area (Å²) in [6, 6.07) is 9.75. The lowest BCUT2D eigenvalue weighted by Gasteiger charge is -1.97. The Bertz CT molecular complexity index is 913. The molecule has 3 heterocycles. The lowest BCUT2D eigenvalue weighted by Crippen LogP contribution is -2.12. The maximum Gasteiger partial charge on any atom is 0.276 e. The molecule has 0 aliphatic carbocycles. The second kappa shape index (κ2) is 5.28. The highest BCUT2D eigenvalue weighted by atomic mass is 32.1. The number of fused-ring (bicyclic) bond motifs is 1. The minimum Gasteiger partial charge on any atom is -0.295 e. The fourth-order valence-electron chi connectivity index (χ4n) is 1.86. The van der Waals surface area contributed by atoms with E-state index in [1.807, 2.05) is 30.3 Å². The quantitative estimate of drug-likeness (QED) is 0.625. The number of nitrogens with zero attached hydrogens (tertiary/aromatic N) is 5. The molecule has 7 nitrogen and oxygen atoms in total. The molecule has 0 spiro atoms. The van der Waals surface area contributed by atoms with Gasteiger partial charge in [0.2, 0.25) is 10.1 Å². The first-order valence-electron chi connectivity index (χ1n) is 6.29. The van der Waals surface area contributed by atoms with E-state index >= 15 is 0 Å². The highest BCUT2D eigenvalue weighted by Crippen LogP contribution is 2.24. The van der Waals surface area contributed by atoms with Crippen molar-refractivity contribution in [3.63, 3.8) is 0 Å². The zero-order valence-electron chi connectivity index (χ0n) is 11.0. The molecule has 1 aromatic carbocycles. The second-order valence-electron chi connectivity index (χ2n) is 4.32. The number of nitrogens with one attached hydrogen (secondary N) is 1. The van der Waals surface area contributed by atoms with Gasteiger partial charge in [0.05, 0.1) is 0 Å². The van der Waals surface area contributed by atoms with Crippen LogP contribution in [0.4, 0.5) is 5.13 Å². The zero-order chi connectivity index (χ0) is 14.9. The van der Waals surface area contributed by atoms with Crippen molar-refractivity contribution in [1.29, 1.82) is 0 Å². The van der Waals surface area contributed by atoms with Crippen LogP contribution in [0.2, 0.25) is 0 Å². The summed E-state index contributed by atoms with van der Waals surface area (Å²) in [6.07, 6.45) is 1.48. The number of benzene rings is 1. The molecule has 4 aromatic rings. The van der Waals surface area contributed by atoms with Crippen LogP contribution >= 0.6 is 22.7 Å². The molecule has 0 bridgehead atoms. The van der Waals surface area contributed by atoms with Crippen LogP contribution in [0.5, 0.6) is 0 Å². The summed E-state index contributed by atoms with van der Waals surface area (Å²) in [6.45, 7) is 0. The minimum atomic E-state index is -0.289. The van der Waals surface area contributed by atoms with Gasteiger partial charge in [-0.15, -0.1) is 26.6 Å². The Morgan fingerprint density at radius 2 is 2.09 bits per heavy atom. The summed E-state index contributed by atoms with van der Waals surface area (Å²) in [5, 5.41) is 17.5. The average molecular weight is 328 g/mol. The molecule has 9 heteroatoms. The predicted octanol–water partition coefficient (Wildman–Crippen LogP) is 2.56. The number of anilines is 1. The molecule has 0 unspecified atom stereocenters. The van der Waals surface area contributed by atoms with Crippen molar-refractivity contribution in [2.45, 2.75) is 0 Å². The maximum atomic E-state index is 12.2. The van der Waals surface area contributed by atoms with E-state index in [1.165, 1.54) is 33.5 Å². The van der Waals surface area contributed by atoms with Crippen LogP contribution in [0, 0.1) is 0 Å². The first-order valence-corrected chi connectivity index (χ1v) is 7.98. The lowest BCUT2D eigenvalue weighted by atomic mass is 10.2.